The van der Waals surface area contributed by atoms with E-state index in [-0.39, 0.29) is 17.9 Å². The van der Waals surface area contributed by atoms with Crippen LogP contribution in [-0.2, 0) is 4.79 Å². The Hall–Kier alpha value is -1.35. The Morgan fingerprint density at radius 2 is 1.82 bits per heavy atom. The van der Waals surface area contributed by atoms with Crippen molar-refractivity contribution in [3.63, 3.8) is 0 Å². The number of piperidine rings is 1. The molecule has 1 fully saturated rings. The first-order valence-corrected chi connectivity index (χ1v) is 8.50. The molecule has 3 nitrogen and oxygen atoms in total. The number of nitrogens with one attached hydrogen (secondary N) is 1. The molecule has 0 radical (unpaired) electrons. The number of likely N-dealkylation sites (tertiary alicyclic amines) is 1. The molecular weight excluding hydrogens is 272 g/mol. The van der Waals surface area contributed by atoms with Crippen molar-refractivity contribution in [3.8, 4) is 0 Å². The van der Waals surface area contributed by atoms with Gasteiger partial charge in [-0.25, -0.2) is 0 Å². The molecule has 0 bridgehead atoms. The lowest BCUT2D eigenvalue weighted by molar-refractivity contribution is -0.127. The van der Waals surface area contributed by atoms with Gasteiger partial charge in [-0.3, -0.25) is 4.79 Å². The summed E-state index contributed by atoms with van der Waals surface area (Å²) in [6.45, 7) is 12.8. The highest BCUT2D eigenvalue weighted by atomic mass is 16.1. The zero-order chi connectivity index (χ0) is 16.3. The van der Waals surface area contributed by atoms with Crippen LogP contribution in [0.15, 0.2) is 18.2 Å². The molecule has 1 heterocycles. The topological polar surface area (TPSA) is 32.3 Å². The SMILES string of the molecule is Cc1ccc(C(C)NC(=O)C2CCN(C(C)C)CC2)c(C)c1. The maximum Gasteiger partial charge on any atom is 0.223 e. The van der Waals surface area contributed by atoms with Crippen LogP contribution in [0.1, 0.15) is 56.3 Å². The van der Waals surface area contributed by atoms with Crippen molar-refractivity contribution in [3.05, 3.63) is 34.9 Å². The van der Waals surface area contributed by atoms with Crippen LogP contribution in [0.25, 0.3) is 0 Å². The summed E-state index contributed by atoms with van der Waals surface area (Å²) in [5, 5.41) is 3.21. The van der Waals surface area contributed by atoms with Gasteiger partial charge in [0.1, 0.15) is 0 Å². The minimum absolute atomic E-state index is 0.0798. The molecule has 0 saturated carbocycles. The Morgan fingerprint density at radius 1 is 1.18 bits per heavy atom. The second-order valence-electron chi connectivity index (χ2n) is 6.99. The van der Waals surface area contributed by atoms with Crippen molar-refractivity contribution in [2.75, 3.05) is 13.1 Å². The number of benzene rings is 1. The van der Waals surface area contributed by atoms with Crippen LogP contribution < -0.4 is 5.32 Å². The van der Waals surface area contributed by atoms with Crippen molar-refractivity contribution in [2.24, 2.45) is 5.92 Å². The van der Waals surface area contributed by atoms with Gasteiger partial charge in [-0.15, -0.1) is 0 Å². The van der Waals surface area contributed by atoms with Crippen LogP contribution in [0.4, 0.5) is 0 Å². The van der Waals surface area contributed by atoms with Gasteiger partial charge in [0.15, 0.2) is 0 Å². The average molecular weight is 302 g/mol. The monoisotopic (exact) mass is 302 g/mol. The molecule has 0 aliphatic carbocycles. The molecule has 1 aliphatic rings. The lowest BCUT2D eigenvalue weighted by Crippen LogP contribution is -2.43. The van der Waals surface area contributed by atoms with Gasteiger partial charge in [-0.05, 0) is 71.7 Å². The number of aryl methyl sites for hydroxylation is 2. The van der Waals surface area contributed by atoms with Crippen molar-refractivity contribution >= 4 is 5.91 Å². The van der Waals surface area contributed by atoms with Gasteiger partial charge in [-0.2, -0.15) is 0 Å². The highest BCUT2D eigenvalue weighted by molar-refractivity contribution is 5.79. The second-order valence-corrected chi connectivity index (χ2v) is 6.99. The van der Waals surface area contributed by atoms with E-state index < -0.39 is 0 Å². The summed E-state index contributed by atoms with van der Waals surface area (Å²) in [5.74, 6) is 0.388. The van der Waals surface area contributed by atoms with Crippen LogP contribution in [-0.4, -0.2) is 29.9 Å². The van der Waals surface area contributed by atoms with Gasteiger partial charge in [0.05, 0.1) is 6.04 Å². The van der Waals surface area contributed by atoms with Crippen LogP contribution in [0.2, 0.25) is 0 Å². The van der Waals surface area contributed by atoms with Gasteiger partial charge in [0, 0.05) is 12.0 Å². The fourth-order valence-electron chi connectivity index (χ4n) is 3.40. The van der Waals surface area contributed by atoms with Gasteiger partial charge < -0.3 is 10.2 Å². The molecule has 122 valence electrons. The number of carbonyl (C=O) groups is 1. The van der Waals surface area contributed by atoms with Crippen molar-refractivity contribution in [1.29, 1.82) is 0 Å². The molecular formula is C19H30N2O. The van der Waals surface area contributed by atoms with E-state index in [9.17, 15) is 4.79 Å². The summed E-state index contributed by atoms with van der Waals surface area (Å²) >= 11 is 0. The van der Waals surface area contributed by atoms with Crippen LogP contribution in [0.5, 0.6) is 0 Å². The Morgan fingerprint density at radius 3 is 2.36 bits per heavy atom. The van der Waals surface area contributed by atoms with E-state index in [1.54, 1.807) is 0 Å². The molecule has 0 spiro atoms. The van der Waals surface area contributed by atoms with Crippen molar-refractivity contribution < 1.29 is 4.79 Å². The third-order valence-corrected chi connectivity index (χ3v) is 4.88. The highest BCUT2D eigenvalue weighted by Crippen LogP contribution is 2.22. The minimum atomic E-state index is 0.0798. The molecule has 0 aromatic heterocycles. The first-order chi connectivity index (χ1) is 10.4. The van der Waals surface area contributed by atoms with Crippen LogP contribution in [0.3, 0.4) is 0 Å². The van der Waals surface area contributed by atoms with E-state index in [1.807, 2.05) is 0 Å². The molecule has 1 aliphatic heterocycles. The van der Waals surface area contributed by atoms with E-state index in [1.165, 1.54) is 16.7 Å². The Bertz CT molecular complexity index is 516. The second kappa shape index (κ2) is 7.28. The Kier molecular flexibility index (Phi) is 5.63. The zero-order valence-corrected chi connectivity index (χ0v) is 14.6. The average Bonchev–Trinajstić information content (AvgIpc) is 2.47. The number of amides is 1. The smallest absolute Gasteiger partial charge is 0.223 e. The van der Waals surface area contributed by atoms with E-state index in [4.69, 9.17) is 0 Å². The maximum atomic E-state index is 12.5. The van der Waals surface area contributed by atoms with E-state index in [0.29, 0.717) is 6.04 Å². The lowest BCUT2D eigenvalue weighted by Gasteiger charge is -2.34. The zero-order valence-electron chi connectivity index (χ0n) is 14.6. The van der Waals surface area contributed by atoms with Crippen LogP contribution >= 0.6 is 0 Å². The molecule has 22 heavy (non-hydrogen) atoms. The number of hydrogen-bond acceptors (Lipinski definition) is 2. The van der Waals surface area contributed by atoms with Gasteiger partial charge in [-0.1, -0.05) is 23.8 Å². The molecule has 1 amide bonds. The summed E-state index contributed by atoms with van der Waals surface area (Å²) in [5.41, 5.74) is 3.74. The first kappa shape index (κ1) is 17.0. The minimum Gasteiger partial charge on any atom is -0.349 e. The standard InChI is InChI=1S/C19H30N2O/c1-13(2)21-10-8-17(9-11-21)19(22)20-16(5)18-7-6-14(3)12-15(18)4/h6-7,12-13,16-17H,8-11H2,1-5H3,(H,20,22). The summed E-state index contributed by atoms with van der Waals surface area (Å²) in [6, 6.07) is 7.09. The molecule has 1 atom stereocenters. The summed E-state index contributed by atoms with van der Waals surface area (Å²) in [4.78, 5) is 15.0. The summed E-state index contributed by atoms with van der Waals surface area (Å²) in [6.07, 6.45) is 1.95. The fourth-order valence-corrected chi connectivity index (χ4v) is 3.40. The van der Waals surface area contributed by atoms with Crippen molar-refractivity contribution in [2.45, 2.75) is 59.5 Å². The van der Waals surface area contributed by atoms with Crippen molar-refractivity contribution in [1.82, 2.24) is 10.2 Å². The number of nitrogens with zero attached hydrogens (tertiary/aromatic N) is 1. The first-order valence-electron chi connectivity index (χ1n) is 8.50. The predicted octanol–water partition coefficient (Wildman–Crippen LogP) is 3.60. The van der Waals surface area contributed by atoms with Gasteiger partial charge in [0.2, 0.25) is 5.91 Å². The third-order valence-electron chi connectivity index (χ3n) is 4.88. The van der Waals surface area contributed by atoms with Gasteiger partial charge in [0.25, 0.3) is 0 Å². The molecule has 3 heteroatoms. The largest absolute Gasteiger partial charge is 0.349 e. The molecule has 2 rings (SSSR count). The predicted molar refractivity (Wildman–Crippen MR) is 91.9 cm³/mol. The van der Waals surface area contributed by atoms with Gasteiger partial charge >= 0.3 is 0 Å². The van der Waals surface area contributed by atoms with E-state index in [0.717, 1.165) is 25.9 Å². The quantitative estimate of drug-likeness (QED) is 0.921. The highest BCUT2D eigenvalue weighted by Gasteiger charge is 2.27. The molecule has 1 N–H and O–H groups in total. The fraction of sp³-hybridized carbons (Fsp3) is 0.632. The number of rotatable bonds is 4. The molecule has 1 aromatic carbocycles. The molecule has 1 saturated heterocycles. The Balaban J connectivity index is 1.92. The Labute approximate surface area is 135 Å². The molecule has 1 unspecified atom stereocenters. The maximum absolute atomic E-state index is 12.5. The third kappa shape index (κ3) is 4.10. The lowest BCUT2D eigenvalue weighted by atomic mass is 9.94. The normalized spacial score (nSPS) is 18.5. The van der Waals surface area contributed by atoms with Crippen LogP contribution in [0, 0.1) is 19.8 Å². The summed E-state index contributed by atoms with van der Waals surface area (Å²) < 4.78 is 0. The number of carbonyl (C=O) groups excluding carboxylic acids is 1. The number of hydrogen-bond donors (Lipinski definition) is 1. The van der Waals surface area contributed by atoms with E-state index >= 15 is 0 Å². The van der Waals surface area contributed by atoms with E-state index in [2.05, 4.69) is 63.0 Å². The summed E-state index contributed by atoms with van der Waals surface area (Å²) in [7, 11) is 0. The molecule has 1 aromatic rings.